The zero-order chi connectivity index (χ0) is 8.53. The van der Waals surface area contributed by atoms with Gasteiger partial charge in [-0.2, -0.15) is 12.6 Å². The van der Waals surface area contributed by atoms with Crippen LogP contribution in [0.2, 0.25) is 0 Å². The van der Waals surface area contributed by atoms with Gasteiger partial charge in [-0.3, -0.25) is 0 Å². The lowest BCUT2D eigenvalue weighted by atomic mass is 10.5. The Morgan fingerprint density at radius 1 is 1.64 bits per heavy atom. The van der Waals surface area contributed by atoms with Crippen LogP contribution in [-0.4, -0.2) is 15.7 Å². The molecule has 0 amide bonds. The number of rotatable bonds is 2. The molecule has 0 fully saturated rings. The maximum atomic E-state index is 4.05. The van der Waals surface area contributed by atoms with E-state index in [1.165, 1.54) is 6.42 Å². The van der Waals surface area contributed by atoms with E-state index in [1.54, 1.807) is 6.20 Å². The van der Waals surface area contributed by atoms with Crippen LogP contribution in [0.3, 0.4) is 0 Å². The van der Waals surface area contributed by atoms with Crippen LogP contribution >= 0.6 is 12.6 Å². The molecule has 0 unspecified atom stereocenters. The maximum Gasteiger partial charge on any atom is 0.106 e. The van der Waals surface area contributed by atoms with E-state index in [1.807, 2.05) is 6.20 Å². The van der Waals surface area contributed by atoms with Crippen molar-refractivity contribution in [2.24, 2.45) is 0 Å². The normalized spacial score (nSPS) is 8.64. The lowest BCUT2D eigenvalue weighted by Crippen LogP contribution is -1.86. The number of hydrogen-bond acceptors (Lipinski definition) is 2. The molecule has 0 saturated carbocycles. The third-order valence-electron chi connectivity index (χ3n) is 0.903. The predicted octanol–water partition coefficient (Wildman–Crippen LogP) is 2.54. The third kappa shape index (κ3) is 5.98. The fourth-order valence-electron chi connectivity index (χ4n) is 0.541. The zero-order valence-corrected chi connectivity index (χ0v) is 8.06. The molecule has 0 aliphatic carbocycles. The van der Waals surface area contributed by atoms with Crippen molar-refractivity contribution >= 4 is 12.6 Å². The lowest BCUT2D eigenvalue weighted by molar-refractivity contribution is 1.00. The SMILES string of the molecule is CCC.SCCc1ncc[nH]1.[HH]. The van der Waals surface area contributed by atoms with E-state index in [-0.39, 0.29) is 1.43 Å². The molecule has 11 heavy (non-hydrogen) atoms. The van der Waals surface area contributed by atoms with E-state index < -0.39 is 0 Å². The summed E-state index contributed by atoms with van der Waals surface area (Å²) < 4.78 is 0. The van der Waals surface area contributed by atoms with E-state index >= 15 is 0 Å². The number of nitrogens with zero attached hydrogens (tertiary/aromatic N) is 1. The van der Waals surface area contributed by atoms with Crippen molar-refractivity contribution in [3.05, 3.63) is 18.2 Å². The summed E-state index contributed by atoms with van der Waals surface area (Å²) in [6, 6.07) is 0. The highest BCUT2D eigenvalue weighted by Gasteiger charge is 1.87. The second kappa shape index (κ2) is 7.66. The van der Waals surface area contributed by atoms with Gasteiger partial charge in [-0.15, -0.1) is 0 Å². The zero-order valence-electron chi connectivity index (χ0n) is 7.17. The standard InChI is InChI=1S/C5H8N2S.C3H8.H2/c8-4-1-5-6-2-3-7-5;1-3-2;/h2-3,8H,1,4H2,(H,6,7);3H2,1-2H3;1H. The maximum absolute atomic E-state index is 4.05. The Bertz CT molecular complexity index is 154. The van der Waals surface area contributed by atoms with Gasteiger partial charge in [0.15, 0.2) is 0 Å². The van der Waals surface area contributed by atoms with E-state index in [0.29, 0.717) is 0 Å². The van der Waals surface area contributed by atoms with Crippen LogP contribution in [0.1, 0.15) is 27.5 Å². The number of H-pyrrole nitrogens is 1. The van der Waals surface area contributed by atoms with Crippen LogP contribution < -0.4 is 0 Å². The predicted molar refractivity (Wildman–Crippen MR) is 54.2 cm³/mol. The summed E-state index contributed by atoms with van der Waals surface area (Å²) in [6.45, 7) is 4.25. The largest absolute Gasteiger partial charge is 0.349 e. The van der Waals surface area contributed by atoms with Gasteiger partial charge < -0.3 is 4.98 Å². The first-order chi connectivity index (χ1) is 5.35. The van der Waals surface area contributed by atoms with Gasteiger partial charge in [0.05, 0.1) is 0 Å². The van der Waals surface area contributed by atoms with Gasteiger partial charge in [0.25, 0.3) is 0 Å². The van der Waals surface area contributed by atoms with Crippen molar-refractivity contribution < 1.29 is 1.43 Å². The van der Waals surface area contributed by atoms with Gasteiger partial charge in [0, 0.05) is 20.2 Å². The second-order valence-corrected chi connectivity index (χ2v) is 2.66. The van der Waals surface area contributed by atoms with E-state index in [2.05, 4.69) is 36.4 Å². The molecule has 0 aliphatic heterocycles. The van der Waals surface area contributed by atoms with Crippen molar-refractivity contribution in [2.45, 2.75) is 26.7 Å². The highest BCUT2D eigenvalue weighted by molar-refractivity contribution is 7.80. The van der Waals surface area contributed by atoms with Crippen molar-refractivity contribution in [1.82, 2.24) is 9.97 Å². The summed E-state index contributed by atoms with van der Waals surface area (Å²) in [6.07, 6.45) is 5.74. The fourth-order valence-corrected chi connectivity index (χ4v) is 0.752. The molecule has 3 heteroatoms. The molecule has 0 radical (unpaired) electrons. The summed E-state index contributed by atoms with van der Waals surface area (Å²) in [7, 11) is 0. The number of thiol groups is 1. The average molecular weight is 174 g/mol. The lowest BCUT2D eigenvalue weighted by Gasteiger charge is -1.85. The molecule has 0 bridgehead atoms. The molecule has 1 rings (SSSR count). The molecule has 0 saturated heterocycles. The Kier molecular flexibility index (Phi) is 7.36. The van der Waals surface area contributed by atoms with E-state index in [4.69, 9.17) is 0 Å². The Balaban J connectivity index is 0. The van der Waals surface area contributed by atoms with Crippen LogP contribution in [0.15, 0.2) is 12.4 Å². The molecule has 66 valence electrons. The molecule has 1 N–H and O–H groups in total. The second-order valence-electron chi connectivity index (χ2n) is 2.22. The topological polar surface area (TPSA) is 28.7 Å². The molecule has 1 heterocycles. The highest BCUT2D eigenvalue weighted by atomic mass is 32.1. The molecule has 0 aromatic carbocycles. The third-order valence-corrected chi connectivity index (χ3v) is 1.13. The molecule has 2 nitrogen and oxygen atoms in total. The number of aryl methyl sites for hydroxylation is 1. The summed E-state index contributed by atoms with van der Waals surface area (Å²) in [4.78, 5) is 6.98. The van der Waals surface area contributed by atoms with Crippen molar-refractivity contribution in [1.29, 1.82) is 0 Å². The summed E-state index contributed by atoms with van der Waals surface area (Å²) in [5.41, 5.74) is 0. The first-order valence-corrected chi connectivity index (χ1v) is 4.57. The van der Waals surface area contributed by atoms with Crippen molar-refractivity contribution in [2.75, 3.05) is 5.75 Å². The monoisotopic (exact) mass is 174 g/mol. The summed E-state index contributed by atoms with van der Waals surface area (Å²) >= 11 is 4.05. The molecule has 0 atom stereocenters. The molecular formula is C8H18N2S. The van der Waals surface area contributed by atoms with Gasteiger partial charge >= 0.3 is 0 Å². The molecule has 0 aliphatic rings. The Labute approximate surface area is 75.3 Å². The number of hydrogen-bond donors (Lipinski definition) is 2. The van der Waals surface area contributed by atoms with Crippen LogP contribution in [-0.2, 0) is 6.42 Å². The molecular weight excluding hydrogens is 156 g/mol. The molecule has 0 spiro atoms. The van der Waals surface area contributed by atoms with Crippen molar-refractivity contribution in [3.8, 4) is 0 Å². The Hall–Kier alpha value is -0.440. The minimum atomic E-state index is 0. The van der Waals surface area contributed by atoms with Gasteiger partial charge in [-0.1, -0.05) is 20.3 Å². The molecule has 1 aromatic heterocycles. The highest BCUT2D eigenvalue weighted by Crippen LogP contribution is 1.89. The number of aromatic amines is 1. The van der Waals surface area contributed by atoms with Gasteiger partial charge in [-0.25, -0.2) is 4.98 Å². The summed E-state index contributed by atoms with van der Waals surface area (Å²) in [5, 5.41) is 0. The summed E-state index contributed by atoms with van der Waals surface area (Å²) in [5.74, 6) is 1.87. The van der Waals surface area contributed by atoms with Crippen molar-refractivity contribution in [3.63, 3.8) is 0 Å². The smallest absolute Gasteiger partial charge is 0.106 e. The number of aromatic nitrogens is 2. The first kappa shape index (κ1) is 10.6. The van der Waals surface area contributed by atoms with Crippen LogP contribution in [0.5, 0.6) is 0 Å². The van der Waals surface area contributed by atoms with Crippen LogP contribution in [0.4, 0.5) is 0 Å². The Morgan fingerprint density at radius 2 is 2.27 bits per heavy atom. The fraction of sp³-hybridized carbons (Fsp3) is 0.625. The minimum Gasteiger partial charge on any atom is -0.349 e. The van der Waals surface area contributed by atoms with E-state index in [9.17, 15) is 0 Å². The Morgan fingerprint density at radius 3 is 2.64 bits per heavy atom. The van der Waals surface area contributed by atoms with Gasteiger partial charge in [-0.05, 0) is 5.75 Å². The number of imidazole rings is 1. The van der Waals surface area contributed by atoms with E-state index in [0.717, 1.165) is 18.0 Å². The minimum absolute atomic E-state index is 0. The quantitative estimate of drug-likeness (QED) is 0.663. The molecule has 1 aromatic rings. The van der Waals surface area contributed by atoms with Gasteiger partial charge in [0.2, 0.25) is 0 Å². The van der Waals surface area contributed by atoms with Crippen LogP contribution in [0, 0.1) is 0 Å². The average Bonchev–Trinajstić information content (AvgIpc) is 2.42. The number of nitrogens with one attached hydrogen (secondary N) is 1. The van der Waals surface area contributed by atoms with Gasteiger partial charge in [0.1, 0.15) is 5.82 Å². The van der Waals surface area contributed by atoms with Crippen LogP contribution in [0.25, 0.3) is 0 Å². The first-order valence-electron chi connectivity index (χ1n) is 3.94.